The average Bonchev–Trinajstić information content (AvgIpc) is 2.59. The van der Waals surface area contributed by atoms with Crippen molar-refractivity contribution in [2.75, 3.05) is 6.61 Å². The van der Waals surface area contributed by atoms with E-state index in [1.807, 2.05) is 12.1 Å². The van der Waals surface area contributed by atoms with Crippen LogP contribution in [0.2, 0.25) is 0 Å². The van der Waals surface area contributed by atoms with E-state index in [1.54, 1.807) is 0 Å². The lowest BCUT2D eigenvalue weighted by atomic mass is 9.78. The number of carbonyl (C=O) groups excluding carboxylic acids is 1. The third kappa shape index (κ3) is 7.55. The minimum Gasteiger partial charge on any atom is -0.507 e. The Bertz CT molecular complexity index is 647. The van der Waals surface area contributed by atoms with Gasteiger partial charge in [0.1, 0.15) is 11.0 Å². The molecule has 3 atom stereocenters. The Balaban J connectivity index is 2.92. The van der Waals surface area contributed by atoms with Crippen LogP contribution in [0, 0.1) is 11.8 Å². The lowest BCUT2D eigenvalue weighted by Gasteiger charge is -2.28. The first-order chi connectivity index (χ1) is 13.2. The van der Waals surface area contributed by atoms with Crippen LogP contribution < -0.4 is 0 Å². The highest BCUT2D eigenvalue weighted by Crippen LogP contribution is 2.40. The fraction of sp³-hybridized carbons (Fsp3) is 0.720. The van der Waals surface area contributed by atoms with Gasteiger partial charge in [-0.2, -0.15) is 12.6 Å². The van der Waals surface area contributed by atoms with Crippen molar-refractivity contribution in [1.29, 1.82) is 0 Å². The number of esters is 1. The first-order valence-corrected chi connectivity index (χ1v) is 11.4. The Morgan fingerprint density at radius 3 is 1.93 bits per heavy atom. The van der Waals surface area contributed by atoms with Crippen molar-refractivity contribution in [2.45, 2.75) is 97.7 Å². The SMILES string of the molecule is CCC(C)C(C)CCOC(=O)C(S)Cc1cc(C(C)(C)C)c(O)c(C(C)(C)C)c1. The molecular weight excluding hydrogens is 380 g/mol. The van der Waals surface area contributed by atoms with E-state index in [4.69, 9.17) is 4.74 Å². The van der Waals surface area contributed by atoms with Crippen molar-refractivity contribution in [3.05, 3.63) is 28.8 Å². The van der Waals surface area contributed by atoms with E-state index in [2.05, 4.69) is 74.9 Å². The van der Waals surface area contributed by atoms with E-state index in [-0.39, 0.29) is 16.8 Å². The van der Waals surface area contributed by atoms with Crippen LogP contribution in [0.1, 0.15) is 91.8 Å². The maximum Gasteiger partial charge on any atom is 0.319 e. The van der Waals surface area contributed by atoms with E-state index in [9.17, 15) is 9.90 Å². The van der Waals surface area contributed by atoms with Crippen LogP contribution in [0.3, 0.4) is 0 Å². The van der Waals surface area contributed by atoms with Gasteiger partial charge >= 0.3 is 5.97 Å². The number of rotatable bonds is 8. The molecule has 0 aromatic heterocycles. The molecule has 0 saturated heterocycles. The lowest BCUT2D eigenvalue weighted by Crippen LogP contribution is -2.23. The normalized spacial score (nSPS) is 15.7. The maximum absolute atomic E-state index is 12.5. The average molecular weight is 423 g/mol. The molecule has 0 aliphatic rings. The quantitative estimate of drug-likeness (QED) is 0.374. The number of ether oxygens (including phenoxy) is 1. The summed E-state index contributed by atoms with van der Waals surface area (Å²) >= 11 is 4.52. The number of hydrogen-bond acceptors (Lipinski definition) is 4. The predicted molar refractivity (Wildman–Crippen MR) is 126 cm³/mol. The zero-order valence-corrected chi connectivity index (χ0v) is 20.8. The molecule has 1 aromatic rings. The fourth-order valence-electron chi connectivity index (χ4n) is 3.39. The third-order valence-corrected chi connectivity index (χ3v) is 6.31. The van der Waals surface area contributed by atoms with Crippen molar-refractivity contribution in [1.82, 2.24) is 0 Å². The summed E-state index contributed by atoms with van der Waals surface area (Å²) in [5.41, 5.74) is 2.41. The van der Waals surface area contributed by atoms with E-state index in [0.29, 0.717) is 30.6 Å². The second-order valence-corrected chi connectivity index (χ2v) is 11.2. The van der Waals surface area contributed by atoms with Gasteiger partial charge in [0.2, 0.25) is 0 Å². The van der Waals surface area contributed by atoms with Crippen molar-refractivity contribution in [3.8, 4) is 5.75 Å². The molecule has 1 N–H and O–H groups in total. The van der Waals surface area contributed by atoms with Crippen LogP contribution in [-0.4, -0.2) is 22.9 Å². The van der Waals surface area contributed by atoms with Gasteiger partial charge in [0.25, 0.3) is 0 Å². The molecule has 0 spiro atoms. The van der Waals surface area contributed by atoms with E-state index in [0.717, 1.165) is 29.5 Å². The van der Waals surface area contributed by atoms with Gasteiger partial charge in [-0.05, 0) is 52.2 Å². The second-order valence-electron chi connectivity index (χ2n) is 10.6. The number of phenolic OH excluding ortho intramolecular Hbond substituents is 1. The monoisotopic (exact) mass is 422 g/mol. The summed E-state index contributed by atoms with van der Waals surface area (Å²) in [6, 6.07) is 4.01. The number of carbonyl (C=O) groups is 1. The molecule has 3 unspecified atom stereocenters. The van der Waals surface area contributed by atoms with Crippen LogP contribution in [-0.2, 0) is 26.8 Å². The van der Waals surface area contributed by atoms with E-state index >= 15 is 0 Å². The van der Waals surface area contributed by atoms with Gasteiger partial charge in [-0.3, -0.25) is 4.79 Å². The molecule has 0 fully saturated rings. The Labute approximate surface area is 184 Å². The second kappa shape index (κ2) is 10.2. The predicted octanol–water partition coefficient (Wildman–Crippen LogP) is 6.44. The van der Waals surface area contributed by atoms with Gasteiger partial charge in [0.05, 0.1) is 6.61 Å². The summed E-state index contributed by atoms with van der Waals surface area (Å²) < 4.78 is 5.50. The minimum atomic E-state index is -0.515. The van der Waals surface area contributed by atoms with Crippen LogP contribution in [0.5, 0.6) is 5.75 Å². The molecule has 29 heavy (non-hydrogen) atoms. The summed E-state index contributed by atoms with van der Waals surface area (Å²) in [6.45, 7) is 19.6. The van der Waals surface area contributed by atoms with Gasteiger partial charge in [-0.25, -0.2) is 0 Å². The molecule has 0 radical (unpaired) electrons. The van der Waals surface area contributed by atoms with Crippen LogP contribution in [0.4, 0.5) is 0 Å². The molecule has 3 nitrogen and oxygen atoms in total. The molecule has 4 heteroatoms. The van der Waals surface area contributed by atoms with Gasteiger partial charge in [-0.15, -0.1) is 0 Å². The molecule has 1 rings (SSSR count). The van der Waals surface area contributed by atoms with Crippen LogP contribution in [0.15, 0.2) is 12.1 Å². The first kappa shape index (κ1) is 25.9. The molecule has 0 aliphatic heterocycles. The highest BCUT2D eigenvalue weighted by Gasteiger charge is 2.27. The van der Waals surface area contributed by atoms with E-state index < -0.39 is 5.25 Å². The standard InChI is InChI=1S/C25H42O3S/c1-10-16(2)17(3)11-12-28-23(27)21(29)15-18-13-19(24(4,5)6)22(26)20(14-18)25(7,8)9/h13-14,16-17,21,26,29H,10-12,15H2,1-9H3. The molecular formula is C25H42O3S. The molecule has 0 amide bonds. The fourth-order valence-corrected chi connectivity index (χ4v) is 3.68. The molecule has 0 bridgehead atoms. The largest absolute Gasteiger partial charge is 0.507 e. The van der Waals surface area contributed by atoms with Gasteiger partial charge in [-0.1, -0.05) is 80.9 Å². The summed E-state index contributed by atoms with van der Waals surface area (Å²) in [6.07, 6.45) is 2.50. The summed E-state index contributed by atoms with van der Waals surface area (Å²) in [4.78, 5) is 12.5. The maximum atomic E-state index is 12.5. The number of benzene rings is 1. The smallest absolute Gasteiger partial charge is 0.319 e. The van der Waals surface area contributed by atoms with Gasteiger partial charge < -0.3 is 9.84 Å². The Morgan fingerprint density at radius 2 is 1.52 bits per heavy atom. The molecule has 166 valence electrons. The van der Waals surface area contributed by atoms with Crippen molar-refractivity contribution >= 4 is 18.6 Å². The zero-order valence-electron chi connectivity index (χ0n) is 19.9. The van der Waals surface area contributed by atoms with Crippen molar-refractivity contribution in [2.24, 2.45) is 11.8 Å². The molecule has 0 aliphatic carbocycles. The first-order valence-electron chi connectivity index (χ1n) is 10.9. The number of phenols is 1. The Hall–Kier alpha value is -1.16. The van der Waals surface area contributed by atoms with Crippen LogP contribution >= 0.6 is 12.6 Å². The number of hydrogen-bond donors (Lipinski definition) is 2. The topological polar surface area (TPSA) is 46.5 Å². The third-order valence-electron chi connectivity index (χ3n) is 5.92. The highest BCUT2D eigenvalue weighted by molar-refractivity contribution is 7.81. The van der Waals surface area contributed by atoms with Crippen molar-refractivity contribution in [3.63, 3.8) is 0 Å². The zero-order chi connectivity index (χ0) is 22.6. The van der Waals surface area contributed by atoms with Crippen LogP contribution in [0.25, 0.3) is 0 Å². The van der Waals surface area contributed by atoms with Crippen molar-refractivity contribution < 1.29 is 14.6 Å². The lowest BCUT2D eigenvalue weighted by molar-refractivity contribution is -0.143. The number of aromatic hydroxyl groups is 1. The van der Waals surface area contributed by atoms with E-state index in [1.165, 1.54) is 0 Å². The van der Waals surface area contributed by atoms with Gasteiger partial charge in [0, 0.05) is 0 Å². The number of thiol groups is 1. The summed E-state index contributed by atoms with van der Waals surface area (Å²) in [5, 5.41) is 10.3. The molecule has 0 heterocycles. The highest BCUT2D eigenvalue weighted by atomic mass is 32.1. The minimum absolute atomic E-state index is 0.196. The Kier molecular flexibility index (Phi) is 9.13. The Morgan fingerprint density at radius 1 is 1.03 bits per heavy atom. The molecule has 0 saturated carbocycles. The summed E-state index contributed by atoms with van der Waals surface area (Å²) in [7, 11) is 0. The molecule has 1 aromatic carbocycles. The van der Waals surface area contributed by atoms with Gasteiger partial charge in [0.15, 0.2) is 0 Å². The summed E-state index contributed by atoms with van der Waals surface area (Å²) in [5.74, 6) is 1.24.